The van der Waals surface area contributed by atoms with Crippen molar-refractivity contribution in [3.8, 4) is 11.8 Å². The Balaban J connectivity index is 1.93. The Bertz CT molecular complexity index is 1200. The SMILES string of the molecule is CCOC(=O)/C(C#N)=C/c1c(C)n(CCOc2cc(C)ccc2C(C)C)c2ccccc12. The van der Waals surface area contributed by atoms with Gasteiger partial charge in [-0.25, -0.2) is 4.79 Å². The predicted octanol–water partition coefficient (Wildman–Crippen LogP) is 5.93. The molecule has 5 heteroatoms. The third-order valence-corrected chi connectivity index (χ3v) is 5.55. The third kappa shape index (κ3) is 4.86. The van der Waals surface area contributed by atoms with Crippen molar-refractivity contribution in [2.75, 3.05) is 13.2 Å². The number of hydrogen-bond acceptors (Lipinski definition) is 4. The van der Waals surface area contributed by atoms with Gasteiger partial charge in [0, 0.05) is 22.2 Å². The van der Waals surface area contributed by atoms with Crippen LogP contribution in [0.3, 0.4) is 0 Å². The van der Waals surface area contributed by atoms with E-state index >= 15 is 0 Å². The van der Waals surface area contributed by atoms with Crippen LogP contribution >= 0.6 is 0 Å². The van der Waals surface area contributed by atoms with Gasteiger partial charge in [-0.05, 0) is 56.0 Å². The fourth-order valence-electron chi connectivity index (χ4n) is 3.91. The van der Waals surface area contributed by atoms with Gasteiger partial charge >= 0.3 is 5.97 Å². The number of nitriles is 1. The van der Waals surface area contributed by atoms with Crippen molar-refractivity contribution in [3.05, 3.63) is 70.4 Å². The fraction of sp³-hybridized carbons (Fsp3) is 0.333. The minimum atomic E-state index is -0.602. The van der Waals surface area contributed by atoms with Gasteiger partial charge in [0.25, 0.3) is 0 Å². The van der Waals surface area contributed by atoms with Gasteiger partial charge in [0.2, 0.25) is 0 Å². The zero-order chi connectivity index (χ0) is 23.3. The summed E-state index contributed by atoms with van der Waals surface area (Å²) in [6.07, 6.45) is 1.63. The molecule has 166 valence electrons. The summed E-state index contributed by atoms with van der Waals surface area (Å²) in [5.74, 6) is 0.697. The number of fused-ring (bicyclic) bond motifs is 1. The zero-order valence-corrected chi connectivity index (χ0v) is 19.4. The van der Waals surface area contributed by atoms with Crippen molar-refractivity contribution in [1.29, 1.82) is 5.26 Å². The number of carbonyl (C=O) groups excluding carboxylic acids is 1. The van der Waals surface area contributed by atoms with Crippen LogP contribution in [0.25, 0.3) is 17.0 Å². The van der Waals surface area contributed by atoms with Crippen LogP contribution in [0.1, 0.15) is 49.1 Å². The number of hydrogen-bond donors (Lipinski definition) is 0. The molecular formula is C27H30N2O3. The molecule has 0 bridgehead atoms. The largest absolute Gasteiger partial charge is 0.491 e. The number of ether oxygens (including phenoxy) is 2. The molecule has 1 heterocycles. The second kappa shape index (κ2) is 10.2. The molecule has 3 rings (SSSR count). The molecule has 0 aliphatic carbocycles. The van der Waals surface area contributed by atoms with E-state index in [0.717, 1.165) is 27.9 Å². The topological polar surface area (TPSA) is 64.2 Å². The number of para-hydroxylation sites is 1. The van der Waals surface area contributed by atoms with Crippen molar-refractivity contribution in [2.45, 2.75) is 47.1 Å². The van der Waals surface area contributed by atoms with E-state index in [4.69, 9.17) is 9.47 Å². The molecule has 0 amide bonds. The monoisotopic (exact) mass is 430 g/mol. The summed E-state index contributed by atoms with van der Waals surface area (Å²) < 4.78 is 13.4. The van der Waals surface area contributed by atoms with Gasteiger partial charge in [-0.2, -0.15) is 5.26 Å². The Labute approximate surface area is 189 Å². The van der Waals surface area contributed by atoms with Gasteiger partial charge in [0.05, 0.1) is 13.2 Å². The molecular weight excluding hydrogens is 400 g/mol. The van der Waals surface area contributed by atoms with Crippen molar-refractivity contribution < 1.29 is 14.3 Å². The van der Waals surface area contributed by atoms with E-state index in [0.29, 0.717) is 19.1 Å². The minimum Gasteiger partial charge on any atom is -0.491 e. The van der Waals surface area contributed by atoms with Crippen molar-refractivity contribution >= 4 is 22.9 Å². The second-order valence-corrected chi connectivity index (χ2v) is 8.10. The Morgan fingerprint density at radius 2 is 1.94 bits per heavy atom. The minimum absolute atomic E-state index is 0.00422. The van der Waals surface area contributed by atoms with Crippen LogP contribution in [0.2, 0.25) is 0 Å². The highest BCUT2D eigenvalue weighted by Gasteiger charge is 2.17. The standard InChI is InChI=1S/C27H30N2O3/c1-6-31-27(30)21(17-28)16-24-20(5)29(25-10-8-7-9-23(24)25)13-14-32-26-15-19(4)11-12-22(26)18(2)3/h7-12,15-16,18H,6,13-14H2,1-5H3/b21-16+. The fourth-order valence-corrected chi connectivity index (χ4v) is 3.91. The van der Waals surface area contributed by atoms with E-state index in [1.807, 2.05) is 37.3 Å². The van der Waals surface area contributed by atoms with E-state index in [1.54, 1.807) is 13.0 Å². The lowest BCUT2D eigenvalue weighted by molar-refractivity contribution is -0.137. The number of carbonyl (C=O) groups is 1. The molecule has 0 atom stereocenters. The van der Waals surface area contributed by atoms with Crippen molar-refractivity contribution in [1.82, 2.24) is 4.57 Å². The highest BCUT2D eigenvalue weighted by Crippen LogP contribution is 2.30. The lowest BCUT2D eigenvalue weighted by atomic mass is 10.0. The average molecular weight is 431 g/mol. The number of nitrogens with zero attached hydrogens (tertiary/aromatic N) is 2. The summed E-state index contributed by atoms with van der Waals surface area (Å²) in [6, 6.07) is 16.3. The van der Waals surface area contributed by atoms with Crippen LogP contribution in [0.4, 0.5) is 0 Å². The van der Waals surface area contributed by atoms with E-state index in [-0.39, 0.29) is 12.2 Å². The maximum atomic E-state index is 12.1. The van der Waals surface area contributed by atoms with Gasteiger partial charge in [0.1, 0.15) is 24.0 Å². The van der Waals surface area contributed by atoms with Crippen LogP contribution in [0.5, 0.6) is 5.75 Å². The molecule has 0 N–H and O–H groups in total. The summed E-state index contributed by atoms with van der Waals surface area (Å²) in [5.41, 5.74) is 5.22. The predicted molar refractivity (Wildman–Crippen MR) is 128 cm³/mol. The molecule has 0 aliphatic heterocycles. The van der Waals surface area contributed by atoms with E-state index < -0.39 is 5.97 Å². The van der Waals surface area contributed by atoms with Crippen LogP contribution in [-0.2, 0) is 16.1 Å². The number of aryl methyl sites for hydroxylation is 1. The first kappa shape index (κ1) is 23.1. The maximum Gasteiger partial charge on any atom is 0.348 e. The summed E-state index contributed by atoms with van der Waals surface area (Å²) in [7, 11) is 0. The first-order valence-electron chi connectivity index (χ1n) is 11.0. The summed E-state index contributed by atoms with van der Waals surface area (Å²) in [4.78, 5) is 12.1. The number of esters is 1. The molecule has 0 spiro atoms. The molecule has 0 unspecified atom stereocenters. The molecule has 32 heavy (non-hydrogen) atoms. The smallest absolute Gasteiger partial charge is 0.348 e. The van der Waals surface area contributed by atoms with Gasteiger partial charge in [-0.1, -0.05) is 44.2 Å². The first-order chi connectivity index (χ1) is 15.4. The number of aromatic nitrogens is 1. The van der Waals surface area contributed by atoms with Crippen LogP contribution < -0.4 is 4.74 Å². The van der Waals surface area contributed by atoms with Crippen LogP contribution in [0, 0.1) is 25.2 Å². The highest BCUT2D eigenvalue weighted by molar-refractivity contribution is 6.01. The molecule has 3 aromatic rings. The number of benzene rings is 2. The molecule has 0 radical (unpaired) electrons. The van der Waals surface area contributed by atoms with Crippen molar-refractivity contribution in [3.63, 3.8) is 0 Å². The Morgan fingerprint density at radius 3 is 2.62 bits per heavy atom. The van der Waals surface area contributed by atoms with Gasteiger partial charge in [-0.3, -0.25) is 0 Å². The Morgan fingerprint density at radius 1 is 1.19 bits per heavy atom. The molecule has 2 aromatic carbocycles. The Kier molecular flexibility index (Phi) is 7.37. The van der Waals surface area contributed by atoms with Crippen molar-refractivity contribution in [2.24, 2.45) is 0 Å². The molecule has 0 aliphatic rings. The molecule has 0 fully saturated rings. The van der Waals surface area contributed by atoms with Crippen LogP contribution in [-0.4, -0.2) is 23.8 Å². The van der Waals surface area contributed by atoms with E-state index in [1.165, 1.54) is 11.1 Å². The molecule has 0 saturated heterocycles. The summed E-state index contributed by atoms with van der Waals surface area (Å²) in [6.45, 7) is 11.5. The number of rotatable bonds is 8. The lowest BCUT2D eigenvalue weighted by Gasteiger charge is -2.16. The highest BCUT2D eigenvalue weighted by atomic mass is 16.5. The van der Waals surface area contributed by atoms with Gasteiger partial charge in [0.15, 0.2) is 0 Å². The molecule has 5 nitrogen and oxygen atoms in total. The summed E-state index contributed by atoms with van der Waals surface area (Å²) >= 11 is 0. The zero-order valence-electron chi connectivity index (χ0n) is 19.4. The van der Waals surface area contributed by atoms with E-state index in [2.05, 4.69) is 43.5 Å². The normalized spacial score (nSPS) is 11.6. The molecule has 1 aromatic heterocycles. The van der Waals surface area contributed by atoms with Crippen LogP contribution in [0.15, 0.2) is 48.0 Å². The lowest BCUT2D eigenvalue weighted by Crippen LogP contribution is -2.11. The third-order valence-electron chi connectivity index (χ3n) is 5.55. The van der Waals surface area contributed by atoms with E-state index in [9.17, 15) is 10.1 Å². The Hall–Kier alpha value is -3.52. The first-order valence-corrected chi connectivity index (χ1v) is 11.0. The quantitative estimate of drug-likeness (QED) is 0.252. The molecule has 0 saturated carbocycles. The second-order valence-electron chi connectivity index (χ2n) is 8.10. The van der Waals surface area contributed by atoms with Gasteiger partial charge < -0.3 is 14.0 Å². The van der Waals surface area contributed by atoms with Gasteiger partial charge in [-0.15, -0.1) is 0 Å². The average Bonchev–Trinajstić information content (AvgIpc) is 3.03. The maximum absolute atomic E-state index is 12.1. The summed E-state index contributed by atoms with van der Waals surface area (Å²) in [5, 5.41) is 10.5.